The molecule has 0 unspecified atom stereocenters. The van der Waals surface area contributed by atoms with Crippen molar-refractivity contribution in [1.82, 2.24) is 4.98 Å². The van der Waals surface area contributed by atoms with Gasteiger partial charge in [-0.2, -0.15) is 10.1 Å². The van der Waals surface area contributed by atoms with E-state index in [9.17, 15) is 9.18 Å². The van der Waals surface area contributed by atoms with Crippen molar-refractivity contribution in [2.45, 2.75) is 0 Å². The van der Waals surface area contributed by atoms with E-state index < -0.39 is 0 Å². The van der Waals surface area contributed by atoms with Crippen molar-refractivity contribution < 1.29 is 9.18 Å². The van der Waals surface area contributed by atoms with E-state index in [0.29, 0.717) is 20.9 Å². The van der Waals surface area contributed by atoms with E-state index in [4.69, 9.17) is 0 Å². The molecule has 0 fully saturated rings. The SMILES string of the molecule is O=C(c1ccc(-c2ccccc2)cc1)N(/N=C/c1ccc(Br)cc1)c1nc2ccc(F)cc2s1. The smallest absolute Gasteiger partial charge is 0.267 e. The largest absolute Gasteiger partial charge is 0.280 e. The first-order valence-corrected chi connectivity index (χ1v) is 12.0. The predicted molar refractivity (Wildman–Crippen MR) is 140 cm³/mol. The fraction of sp³-hybridized carbons (Fsp3) is 0. The molecule has 5 rings (SSSR count). The zero-order valence-electron chi connectivity index (χ0n) is 17.7. The molecule has 0 bridgehead atoms. The van der Waals surface area contributed by atoms with Crippen LogP contribution in [0.25, 0.3) is 21.3 Å². The number of rotatable bonds is 5. The standard InChI is InChI=1S/C27H17BrFN3OS/c28-22-12-6-18(7-13-22)17-30-32(27-31-24-15-14-23(29)16-25(24)34-27)26(33)21-10-8-20(9-11-21)19-4-2-1-3-5-19/h1-17H/b30-17+. The number of hydrogen-bond donors (Lipinski definition) is 0. The van der Waals surface area contributed by atoms with Gasteiger partial charge < -0.3 is 0 Å². The molecule has 4 nitrogen and oxygen atoms in total. The van der Waals surface area contributed by atoms with Gasteiger partial charge >= 0.3 is 0 Å². The summed E-state index contributed by atoms with van der Waals surface area (Å²) in [6, 6.07) is 29.3. The van der Waals surface area contributed by atoms with Gasteiger partial charge in [-0.05, 0) is 59.2 Å². The number of anilines is 1. The van der Waals surface area contributed by atoms with Gasteiger partial charge in [0.1, 0.15) is 5.82 Å². The quantitative estimate of drug-likeness (QED) is 0.174. The Morgan fingerprint density at radius 2 is 1.62 bits per heavy atom. The lowest BCUT2D eigenvalue weighted by molar-refractivity contribution is 0.0988. The summed E-state index contributed by atoms with van der Waals surface area (Å²) in [5.74, 6) is -0.678. The molecule has 34 heavy (non-hydrogen) atoms. The van der Waals surface area contributed by atoms with Crippen LogP contribution in [-0.4, -0.2) is 17.1 Å². The molecule has 0 spiro atoms. The van der Waals surface area contributed by atoms with Crippen LogP contribution in [0.5, 0.6) is 0 Å². The predicted octanol–water partition coefficient (Wildman–Crippen LogP) is 7.55. The van der Waals surface area contributed by atoms with Crippen LogP contribution in [0.4, 0.5) is 9.52 Å². The fourth-order valence-electron chi connectivity index (χ4n) is 3.40. The van der Waals surface area contributed by atoms with Gasteiger partial charge in [-0.15, -0.1) is 0 Å². The number of benzene rings is 4. The van der Waals surface area contributed by atoms with E-state index in [1.165, 1.54) is 28.5 Å². The molecule has 0 saturated carbocycles. The second kappa shape index (κ2) is 9.67. The highest BCUT2D eigenvalue weighted by molar-refractivity contribution is 9.10. The van der Waals surface area contributed by atoms with Crippen molar-refractivity contribution in [2.75, 3.05) is 5.01 Å². The summed E-state index contributed by atoms with van der Waals surface area (Å²) in [6.07, 6.45) is 1.61. The number of thiazole rings is 1. The van der Waals surface area contributed by atoms with E-state index in [0.717, 1.165) is 21.2 Å². The molecule has 0 aliphatic carbocycles. The topological polar surface area (TPSA) is 45.6 Å². The number of carbonyl (C=O) groups excluding carboxylic acids is 1. The molecule has 1 amide bonds. The summed E-state index contributed by atoms with van der Waals surface area (Å²) in [4.78, 5) is 18.0. The summed E-state index contributed by atoms with van der Waals surface area (Å²) in [6.45, 7) is 0. The van der Waals surface area contributed by atoms with Gasteiger partial charge in [0.25, 0.3) is 5.91 Å². The van der Waals surface area contributed by atoms with Gasteiger partial charge in [0.2, 0.25) is 5.13 Å². The van der Waals surface area contributed by atoms with Crippen molar-refractivity contribution >= 4 is 54.7 Å². The van der Waals surface area contributed by atoms with E-state index in [1.54, 1.807) is 24.4 Å². The average molecular weight is 530 g/mol. The van der Waals surface area contributed by atoms with E-state index >= 15 is 0 Å². The Bertz CT molecular complexity index is 1480. The molecule has 4 aromatic carbocycles. The van der Waals surface area contributed by atoms with Crippen molar-refractivity contribution in [3.05, 3.63) is 118 Å². The van der Waals surface area contributed by atoms with E-state index in [1.807, 2.05) is 66.7 Å². The van der Waals surface area contributed by atoms with Crippen molar-refractivity contribution in [3.8, 4) is 11.1 Å². The molecule has 0 radical (unpaired) electrons. The Morgan fingerprint density at radius 1 is 0.912 bits per heavy atom. The third-order valence-corrected chi connectivity index (χ3v) is 6.67. The Labute approximate surface area is 208 Å². The van der Waals surface area contributed by atoms with Crippen LogP contribution in [0.15, 0.2) is 107 Å². The maximum Gasteiger partial charge on any atom is 0.280 e. The van der Waals surface area contributed by atoms with Crippen molar-refractivity contribution in [2.24, 2.45) is 5.10 Å². The highest BCUT2D eigenvalue weighted by atomic mass is 79.9. The lowest BCUT2D eigenvalue weighted by Gasteiger charge is -2.14. The molecule has 1 heterocycles. The number of carbonyl (C=O) groups is 1. The second-order valence-electron chi connectivity index (χ2n) is 7.46. The van der Waals surface area contributed by atoms with E-state index in [-0.39, 0.29) is 11.7 Å². The van der Waals surface area contributed by atoms with Crippen molar-refractivity contribution in [1.29, 1.82) is 0 Å². The van der Waals surface area contributed by atoms with E-state index in [2.05, 4.69) is 26.0 Å². The minimum Gasteiger partial charge on any atom is -0.267 e. The summed E-state index contributed by atoms with van der Waals surface area (Å²) >= 11 is 4.63. The first-order chi connectivity index (χ1) is 16.6. The second-order valence-corrected chi connectivity index (χ2v) is 9.39. The number of amides is 1. The Balaban J connectivity index is 1.51. The first kappa shape index (κ1) is 22.1. The molecule has 0 saturated heterocycles. The highest BCUT2D eigenvalue weighted by Gasteiger charge is 2.21. The van der Waals surface area contributed by atoms with Crippen LogP contribution in [0.3, 0.4) is 0 Å². The summed E-state index contributed by atoms with van der Waals surface area (Å²) in [7, 11) is 0. The van der Waals surface area contributed by atoms with Crippen LogP contribution < -0.4 is 5.01 Å². The minimum absolute atomic E-state index is 0.326. The summed E-state index contributed by atoms with van der Waals surface area (Å²) < 4.78 is 15.3. The first-order valence-electron chi connectivity index (χ1n) is 10.4. The highest BCUT2D eigenvalue weighted by Crippen LogP contribution is 2.31. The Kier molecular flexibility index (Phi) is 6.29. The molecule has 5 aromatic rings. The molecule has 1 aromatic heterocycles. The maximum atomic E-state index is 13.7. The maximum absolute atomic E-state index is 13.7. The van der Waals surface area contributed by atoms with Gasteiger partial charge in [0.05, 0.1) is 16.4 Å². The normalized spacial score (nSPS) is 11.2. The zero-order valence-corrected chi connectivity index (χ0v) is 20.1. The van der Waals surface area contributed by atoms with Crippen LogP contribution in [0, 0.1) is 5.82 Å². The van der Waals surface area contributed by atoms with Crippen LogP contribution >= 0.6 is 27.3 Å². The fourth-order valence-corrected chi connectivity index (χ4v) is 4.61. The lowest BCUT2D eigenvalue weighted by atomic mass is 10.0. The third kappa shape index (κ3) is 4.81. The number of halogens is 2. The number of nitrogens with zero attached hydrogens (tertiary/aromatic N) is 3. The number of fused-ring (bicyclic) bond motifs is 1. The monoisotopic (exact) mass is 529 g/mol. The van der Waals surface area contributed by atoms with Crippen LogP contribution in [0.2, 0.25) is 0 Å². The molecular formula is C27H17BrFN3OS. The molecule has 0 N–H and O–H groups in total. The molecule has 0 aliphatic heterocycles. The molecule has 166 valence electrons. The summed E-state index contributed by atoms with van der Waals surface area (Å²) in [5, 5.41) is 6.10. The molecule has 0 atom stereocenters. The third-order valence-electron chi connectivity index (χ3n) is 5.14. The van der Waals surface area contributed by atoms with Crippen LogP contribution in [0.1, 0.15) is 15.9 Å². The molecular weight excluding hydrogens is 513 g/mol. The lowest BCUT2D eigenvalue weighted by Crippen LogP contribution is -2.25. The number of hydrazone groups is 1. The van der Waals surface area contributed by atoms with Gasteiger partial charge in [-0.3, -0.25) is 4.79 Å². The molecule has 0 aliphatic rings. The minimum atomic E-state index is -0.351. The van der Waals surface area contributed by atoms with Crippen molar-refractivity contribution in [3.63, 3.8) is 0 Å². The average Bonchev–Trinajstić information content (AvgIpc) is 3.28. The Morgan fingerprint density at radius 3 is 2.35 bits per heavy atom. The van der Waals surface area contributed by atoms with Gasteiger partial charge in [0, 0.05) is 10.0 Å². The zero-order chi connectivity index (χ0) is 23.5. The molecule has 7 heteroatoms. The number of hydrogen-bond acceptors (Lipinski definition) is 4. The number of aromatic nitrogens is 1. The van der Waals surface area contributed by atoms with Crippen LogP contribution in [-0.2, 0) is 0 Å². The Hall–Kier alpha value is -3.68. The van der Waals surface area contributed by atoms with Gasteiger partial charge in [-0.1, -0.05) is 81.9 Å². The summed E-state index contributed by atoms with van der Waals surface area (Å²) in [5.41, 5.74) is 3.99. The van der Waals surface area contributed by atoms with Gasteiger partial charge in [0.15, 0.2) is 0 Å². The van der Waals surface area contributed by atoms with Gasteiger partial charge in [-0.25, -0.2) is 9.37 Å².